The van der Waals surface area contributed by atoms with Crippen LogP contribution in [0.25, 0.3) is 0 Å². The van der Waals surface area contributed by atoms with Gasteiger partial charge in [0.05, 0.1) is 11.1 Å². The van der Waals surface area contributed by atoms with Crippen LogP contribution in [0.5, 0.6) is 0 Å². The molecule has 6 nitrogen and oxygen atoms in total. The van der Waals surface area contributed by atoms with Gasteiger partial charge in [-0.15, -0.1) is 0 Å². The normalized spacial score (nSPS) is 16.5. The van der Waals surface area contributed by atoms with E-state index < -0.39 is 10.0 Å². The van der Waals surface area contributed by atoms with Crippen LogP contribution in [0.1, 0.15) is 18.4 Å². The Labute approximate surface area is 157 Å². The van der Waals surface area contributed by atoms with Gasteiger partial charge in [-0.05, 0) is 42.7 Å². The van der Waals surface area contributed by atoms with E-state index in [1.165, 1.54) is 22.7 Å². The number of piperidine rings is 1. The molecule has 1 heterocycles. The van der Waals surface area contributed by atoms with E-state index in [0.29, 0.717) is 18.4 Å². The Hall–Kier alpha value is -2.58. The number of amides is 1. The van der Waals surface area contributed by atoms with Crippen molar-refractivity contribution in [2.24, 2.45) is 11.0 Å². The van der Waals surface area contributed by atoms with Crippen LogP contribution < -0.4 is 5.43 Å². The van der Waals surface area contributed by atoms with Gasteiger partial charge in [0.2, 0.25) is 15.9 Å². The van der Waals surface area contributed by atoms with Gasteiger partial charge in [-0.2, -0.15) is 9.41 Å². The van der Waals surface area contributed by atoms with E-state index in [1.54, 1.807) is 42.5 Å². The molecule has 0 radical (unpaired) electrons. The van der Waals surface area contributed by atoms with E-state index in [4.69, 9.17) is 0 Å². The van der Waals surface area contributed by atoms with Crippen molar-refractivity contribution in [1.82, 2.24) is 9.73 Å². The lowest BCUT2D eigenvalue weighted by molar-refractivity contribution is -0.126. The van der Waals surface area contributed by atoms with Gasteiger partial charge in [0.15, 0.2) is 0 Å². The van der Waals surface area contributed by atoms with Crippen LogP contribution in [0.3, 0.4) is 0 Å². The van der Waals surface area contributed by atoms with E-state index in [-0.39, 0.29) is 35.6 Å². The van der Waals surface area contributed by atoms with Gasteiger partial charge in [0.25, 0.3) is 0 Å². The molecule has 0 saturated carbocycles. The molecule has 1 fully saturated rings. The minimum atomic E-state index is -3.53. The Bertz CT molecular complexity index is 907. The molecular weight excluding hydrogens is 369 g/mol. The fourth-order valence-corrected chi connectivity index (χ4v) is 4.40. The summed E-state index contributed by atoms with van der Waals surface area (Å²) in [6, 6.07) is 14.0. The fraction of sp³-hybridized carbons (Fsp3) is 0.263. The quantitative estimate of drug-likeness (QED) is 0.630. The molecule has 142 valence electrons. The molecule has 8 heteroatoms. The average Bonchev–Trinajstić information content (AvgIpc) is 2.70. The summed E-state index contributed by atoms with van der Waals surface area (Å²) in [4.78, 5) is 12.5. The third-order valence-corrected chi connectivity index (χ3v) is 6.38. The van der Waals surface area contributed by atoms with E-state index in [2.05, 4.69) is 10.5 Å². The second-order valence-corrected chi connectivity index (χ2v) is 8.22. The summed E-state index contributed by atoms with van der Waals surface area (Å²) in [6.07, 6.45) is 2.31. The molecule has 0 bridgehead atoms. The molecule has 0 aromatic heterocycles. The molecule has 0 unspecified atom stereocenters. The minimum absolute atomic E-state index is 0.245. The molecule has 1 saturated heterocycles. The molecular formula is C19H20FN3O3S. The van der Waals surface area contributed by atoms with Crippen molar-refractivity contribution in [2.75, 3.05) is 13.1 Å². The summed E-state index contributed by atoms with van der Waals surface area (Å²) in [6.45, 7) is 0.577. The summed E-state index contributed by atoms with van der Waals surface area (Å²) in [5.41, 5.74) is 3.14. The van der Waals surface area contributed by atoms with Crippen LogP contribution in [0, 0.1) is 11.7 Å². The van der Waals surface area contributed by atoms with Gasteiger partial charge in [-0.25, -0.2) is 18.2 Å². The number of hydrogen-bond acceptors (Lipinski definition) is 4. The largest absolute Gasteiger partial charge is 0.273 e. The zero-order valence-electron chi connectivity index (χ0n) is 14.6. The van der Waals surface area contributed by atoms with Crippen molar-refractivity contribution in [3.05, 3.63) is 66.0 Å². The topological polar surface area (TPSA) is 78.8 Å². The van der Waals surface area contributed by atoms with Gasteiger partial charge in [-0.1, -0.05) is 30.3 Å². The zero-order chi connectivity index (χ0) is 19.3. The highest BCUT2D eigenvalue weighted by atomic mass is 32.2. The van der Waals surface area contributed by atoms with Crippen LogP contribution in [0.4, 0.5) is 4.39 Å². The molecule has 1 amide bonds. The lowest BCUT2D eigenvalue weighted by Gasteiger charge is -2.30. The summed E-state index contributed by atoms with van der Waals surface area (Å²) in [7, 11) is -3.53. The van der Waals surface area contributed by atoms with Gasteiger partial charge < -0.3 is 0 Å². The smallest absolute Gasteiger partial charge is 0.243 e. The Morgan fingerprint density at radius 2 is 1.70 bits per heavy atom. The molecule has 2 aromatic carbocycles. The third-order valence-electron chi connectivity index (χ3n) is 4.46. The first-order valence-electron chi connectivity index (χ1n) is 8.60. The Morgan fingerprint density at radius 1 is 1.07 bits per heavy atom. The lowest BCUT2D eigenvalue weighted by Crippen LogP contribution is -2.42. The number of hydrogen-bond donors (Lipinski definition) is 1. The zero-order valence-corrected chi connectivity index (χ0v) is 15.4. The number of nitrogens with one attached hydrogen (secondary N) is 1. The number of sulfonamides is 1. The number of halogens is 1. The van der Waals surface area contributed by atoms with Crippen molar-refractivity contribution in [1.29, 1.82) is 0 Å². The third kappa shape index (κ3) is 4.78. The van der Waals surface area contributed by atoms with Crippen LogP contribution in [-0.4, -0.2) is 37.9 Å². The molecule has 2 aromatic rings. The van der Waals surface area contributed by atoms with E-state index in [0.717, 1.165) is 0 Å². The highest BCUT2D eigenvalue weighted by molar-refractivity contribution is 7.89. The number of carbonyl (C=O) groups is 1. The first-order chi connectivity index (χ1) is 13.0. The summed E-state index contributed by atoms with van der Waals surface area (Å²) >= 11 is 0. The van der Waals surface area contributed by atoms with Crippen molar-refractivity contribution >= 4 is 22.1 Å². The number of benzene rings is 2. The maximum atomic E-state index is 12.8. The minimum Gasteiger partial charge on any atom is -0.273 e. The standard InChI is InChI=1S/C19H20FN3O3S/c20-17-8-6-15(7-9-17)14-21-22-19(24)16-10-12-23(13-11-16)27(25,26)18-4-2-1-3-5-18/h1-9,14,16H,10-13H2,(H,22,24)/b21-14-. The Morgan fingerprint density at radius 3 is 2.33 bits per heavy atom. The number of nitrogens with zero attached hydrogens (tertiary/aromatic N) is 2. The van der Waals surface area contributed by atoms with Crippen molar-refractivity contribution in [2.45, 2.75) is 17.7 Å². The molecule has 27 heavy (non-hydrogen) atoms. The Balaban J connectivity index is 1.53. The van der Waals surface area contributed by atoms with Crippen LogP contribution in [-0.2, 0) is 14.8 Å². The fourth-order valence-electron chi connectivity index (χ4n) is 2.91. The van der Waals surface area contributed by atoms with Crippen LogP contribution in [0.15, 0.2) is 64.6 Å². The maximum absolute atomic E-state index is 12.8. The van der Waals surface area contributed by atoms with E-state index >= 15 is 0 Å². The van der Waals surface area contributed by atoms with Gasteiger partial charge in [0.1, 0.15) is 5.82 Å². The molecule has 0 atom stereocenters. The monoisotopic (exact) mass is 389 g/mol. The summed E-state index contributed by atoms with van der Waals surface area (Å²) in [5, 5.41) is 3.88. The maximum Gasteiger partial charge on any atom is 0.243 e. The van der Waals surface area contributed by atoms with Gasteiger partial charge in [0, 0.05) is 19.0 Å². The molecule has 0 aliphatic carbocycles. The predicted molar refractivity (Wildman–Crippen MR) is 100 cm³/mol. The molecule has 0 spiro atoms. The van der Waals surface area contributed by atoms with Crippen molar-refractivity contribution in [3.8, 4) is 0 Å². The Kier molecular flexibility index (Phi) is 5.98. The van der Waals surface area contributed by atoms with Crippen LogP contribution >= 0.6 is 0 Å². The summed E-state index contributed by atoms with van der Waals surface area (Å²) in [5.74, 6) is -0.879. The summed E-state index contributed by atoms with van der Waals surface area (Å²) < 4.78 is 39.4. The second kappa shape index (κ2) is 8.41. The molecule has 1 N–H and O–H groups in total. The highest BCUT2D eigenvalue weighted by Crippen LogP contribution is 2.23. The first kappa shape index (κ1) is 19.2. The van der Waals surface area contributed by atoms with E-state index in [9.17, 15) is 17.6 Å². The lowest BCUT2D eigenvalue weighted by atomic mass is 9.98. The molecule has 3 rings (SSSR count). The number of carbonyl (C=O) groups excluding carboxylic acids is 1. The number of rotatable bonds is 5. The molecule has 1 aliphatic heterocycles. The van der Waals surface area contributed by atoms with E-state index in [1.807, 2.05) is 0 Å². The van der Waals surface area contributed by atoms with Gasteiger partial charge in [-0.3, -0.25) is 4.79 Å². The van der Waals surface area contributed by atoms with Crippen LogP contribution in [0.2, 0.25) is 0 Å². The number of hydrazone groups is 1. The van der Waals surface area contributed by atoms with Gasteiger partial charge >= 0.3 is 0 Å². The second-order valence-electron chi connectivity index (χ2n) is 6.28. The highest BCUT2D eigenvalue weighted by Gasteiger charge is 2.31. The predicted octanol–water partition coefficient (Wildman–Crippen LogP) is 2.38. The van der Waals surface area contributed by atoms with Crippen molar-refractivity contribution < 1.29 is 17.6 Å². The first-order valence-corrected chi connectivity index (χ1v) is 10.0. The average molecular weight is 389 g/mol. The van der Waals surface area contributed by atoms with Crippen molar-refractivity contribution in [3.63, 3.8) is 0 Å². The molecule has 1 aliphatic rings. The SMILES string of the molecule is O=C(N/N=C\c1ccc(F)cc1)C1CCN(S(=O)(=O)c2ccccc2)CC1.